The first kappa shape index (κ1) is 60.4. The first-order valence-corrected chi connectivity index (χ1v) is 27.2. The molecule has 2 aromatic rings. The number of alkyl carbamates (subject to hydrolysis) is 1. The van der Waals surface area contributed by atoms with Gasteiger partial charge in [0.05, 0.1) is 13.2 Å². The molecule has 6 amide bonds. The average molecular weight is 1020 g/mol. The Morgan fingerprint density at radius 3 is 1.70 bits per heavy atom. The molecule has 0 spiro atoms. The fourth-order valence-corrected chi connectivity index (χ4v) is 12.8. The largest absolute Gasteiger partial charge is 0.450 e. The van der Waals surface area contributed by atoms with Gasteiger partial charge in [-0.2, -0.15) is 9.97 Å². The molecule has 0 aliphatic heterocycles. The van der Waals surface area contributed by atoms with Crippen LogP contribution in [0.3, 0.4) is 0 Å². The zero-order valence-corrected chi connectivity index (χ0v) is 47.0. The summed E-state index contributed by atoms with van der Waals surface area (Å²) in [5.41, 5.74) is -0.343. The van der Waals surface area contributed by atoms with Gasteiger partial charge in [-0.1, -0.05) is 95.4 Å². The number of H-pyrrole nitrogens is 2. The Balaban J connectivity index is 1.17. The molecule has 9 unspecified atom stereocenters. The van der Waals surface area contributed by atoms with Gasteiger partial charge < -0.3 is 40.3 Å². The van der Waals surface area contributed by atoms with Crippen molar-refractivity contribution >= 4 is 36.1 Å². The van der Waals surface area contributed by atoms with E-state index in [1.54, 1.807) is 18.7 Å². The third kappa shape index (κ3) is 20.6. The van der Waals surface area contributed by atoms with Crippen LogP contribution in [0.5, 0.6) is 0 Å². The first-order valence-electron chi connectivity index (χ1n) is 27.2. The molecule has 0 bridgehead atoms. The zero-order chi connectivity index (χ0) is 54.3. The molecule has 2 heterocycles. The highest BCUT2D eigenvalue weighted by atomic mass is 16.6. The molecule has 0 aromatic carbocycles. The van der Waals surface area contributed by atoms with Crippen LogP contribution in [0, 0.1) is 65.1 Å². The minimum absolute atomic E-state index is 0.0502. The number of carbonyl (C=O) groups excluding carboxylic acids is 4. The number of nitrogens with one attached hydrogen (secondary N) is 7. The third-order valence-electron chi connectivity index (χ3n) is 15.7. The molecular formula is C55H94N10O8. The van der Waals surface area contributed by atoms with Crippen LogP contribution < -0.4 is 37.7 Å². The number of amides is 6. The van der Waals surface area contributed by atoms with Crippen molar-refractivity contribution in [2.24, 2.45) is 51.2 Å². The molecule has 7 N–H and O–H groups in total. The standard InChI is InChI=1S/C55H94N10O8/c1-15-39(19-21-73-51(71)65(14)43-29-53(10,11)32-55(13,30-43)34-57-49(69)64-47-59-38(7)26-45(67)62-47)22-35(4)23-41(17-3)36(5)24-40(16-2)18-20-72-50(70)60-42-27-52(8,9)31-54(12,28-42)33-56-48(68)63-46-58-37(6)25-44(66)61-46/h25-26,35-36,39-43H,15-24,27-34H2,1-14H3,(H,60,70)(H3,56,58,61,63,66,68)(H3,57,59,62,64,67,69). The van der Waals surface area contributed by atoms with Crippen molar-refractivity contribution in [3.8, 4) is 0 Å². The van der Waals surface area contributed by atoms with Gasteiger partial charge in [0.1, 0.15) is 0 Å². The molecule has 2 aliphatic rings. The minimum atomic E-state index is -0.453. The predicted octanol–water partition coefficient (Wildman–Crippen LogP) is 10.7. The van der Waals surface area contributed by atoms with E-state index in [9.17, 15) is 28.8 Å². The molecule has 2 saturated carbocycles. The van der Waals surface area contributed by atoms with E-state index < -0.39 is 29.3 Å². The number of aromatic amines is 2. The van der Waals surface area contributed by atoms with Gasteiger partial charge in [0.2, 0.25) is 11.9 Å². The van der Waals surface area contributed by atoms with Crippen LogP contribution in [0.1, 0.15) is 177 Å². The Hall–Kier alpha value is -5.16. The van der Waals surface area contributed by atoms with Gasteiger partial charge in [0, 0.05) is 55.7 Å². The van der Waals surface area contributed by atoms with Gasteiger partial charge >= 0.3 is 24.2 Å². The number of hydrogen-bond acceptors (Lipinski definition) is 10. The first-order chi connectivity index (χ1) is 34.1. The summed E-state index contributed by atoms with van der Waals surface area (Å²) in [7, 11) is 1.83. The molecule has 2 aromatic heterocycles. The van der Waals surface area contributed by atoms with E-state index in [0.29, 0.717) is 80.1 Å². The van der Waals surface area contributed by atoms with Crippen LogP contribution in [-0.4, -0.2) is 94.5 Å². The molecule has 18 nitrogen and oxygen atoms in total. The van der Waals surface area contributed by atoms with E-state index >= 15 is 0 Å². The van der Waals surface area contributed by atoms with E-state index in [1.165, 1.54) is 12.1 Å². The molecule has 2 fully saturated rings. The fourth-order valence-electron chi connectivity index (χ4n) is 12.8. The molecule has 0 saturated heterocycles. The number of anilines is 2. The zero-order valence-electron chi connectivity index (χ0n) is 47.0. The van der Waals surface area contributed by atoms with Gasteiger partial charge in [0.15, 0.2) is 0 Å². The predicted molar refractivity (Wildman–Crippen MR) is 289 cm³/mol. The Bertz CT molecular complexity index is 2250. The lowest BCUT2D eigenvalue weighted by Gasteiger charge is -2.48. The Morgan fingerprint density at radius 1 is 0.699 bits per heavy atom. The lowest BCUT2D eigenvalue weighted by molar-refractivity contribution is 0.0195. The highest BCUT2D eigenvalue weighted by molar-refractivity contribution is 5.87. The minimum Gasteiger partial charge on any atom is -0.450 e. The van der Waals surface area contributed by atoms with Gasteiger partial charge in [-0.3, -0.25) is 20.2 Å². The van der Waals surface area contributed by atoms with Gasteiger partial charge in [-0.05, 0) is 136 Å². The number of nitrogens with zero attached hydrogens (tertiary/aromatic N) is 3. The summed E-state index contributed by atoms with van der Waals surface area (Å²) >= 11 is 0. The maximum absolute atomic E-state index is 13.5. The van der Waals surface area contributed by atoms with E-state index in [4.69, 9.17) is 9.47 Å². The Labute approximate surface area is 435 Å². The normalized spacial score (nSPS) is 23.4. The van der Waals surface area contributed by atoms with E-state index in [2.05, 4.69) is 123 Å². The van der Waals surface area contributed by atoms with Crippen LogP contribution in [0.15, 0.2) is 21.7 Å². The highest BCUT2D eigenvalue weighted by Gasteiger charge is 2.44. The number of aromatic nitrogens is 4. The second-order valence-corrected chi connectivity index (χ2v) is 24.7. The number of rotatable bonds is 24. The van der Waals surface area contributed by atoms with Crippen molar-refractivity contribution in [3.63, 3.8) is 0 Å². The average Bonchev–Trinajstić information content (AvgIpc) is 3.26. The van der Waals surface area contributed by atoms with Crippen molar-refractivity contribution in [1.82, 2.24) is 40.8 Å². The van der Waals surface area contributed by atoms with E-state index in [0.717, 1.165) is 77.0 Å². The molecule has 4 rings (SSSR count). The third-order valence-corrected chi connectivity index (χ3v) is 15.7. The SMILES string of the molecule is CCC(CCOC(=O)N(C)C1CC(C)(C)CC(C)(CNC(=O)Nc2nc(=O)cc(C)[nH]2)C1)CC(C)CC(CC)C(C)CC(CC)CCOC(=O)NC1CC(C)(C)CC(C)(CNC(=O)Nc2nc(=O)cc(C)[nH]2)C1. The summed E-state index contributed by atoms with van der Waals surface area (Å²) < 4.78 is 11.7. The molecule has 0 radical (unpaired) electrons. The summed E-state index contributed by atoms with van der Waals surface area (Å²) in [4.78, 5) is 91.0. The quantitative estimate of drug-likeness (QED) is 0.0525. The summed E-state index contributed by atoms with van der Waals surface area (Å²) in [6.07, 6.45) is 12.1. The lowest BCUT2D eigenvalue weighted by Crippen LogP contribution is -2.51. The smallest absolute Gasteiger partial charge is 0.409 e. The van der Waals surface area contributed by atoms with Crippen molar-refractivity contribution < 1.29 is 28.7 Å². The number of urea groups is 2. The van der Waals surface area contributed by atoms with Crippen molar-refractivity contribution in [3.05, 3.63) is 44.2 Å². The van der Waals surface area contributed by atoms with Crippen LogP contribution >= 0.6 is 0 Å². The fraction of sp³-hybridized carbons (Fsp3) is 0.782. The van der Waals surface area contributed by atoms with Crippen molar-refractivity contribution in [2.45, 2.75) is 192 Å². The lowest BCUT2D eigenvalue weighted by atomic mass is 9.62. The van der Waals surface area contributed by atoms with Crippen LogP contribution in [-0.2, 0) is 9.47 Å². The molecule has 9 atom stereocenters. The van der Waals surface area contributed by atoms with Crippen molar-refractivity contribution in [2.75, 3.05) is 44.0 Å². The van der Waals surface area contributed by atoms with Crippen LogP contribution in [0.25, 0.3) is 0 Å². The number of aryl methyl sites for hydroxylation is 2. The maximum atomic E-state index is 13.5. The van der Waals surface area contributed by atoms with Gasteiger partial charge in [0.25, 0.3) is 11.1 Å². The summed E-state index contributed by atoms with van der Waals surface area (Å²) in [6.45, 7) is 29.5. The molecule has 2 aliphatic carbocycles. The molecular weight excluding hydrogens is 929 g/mol. The molecule has 18 heteroatoms. The summed E-state index contributed by atoms with van der Waals surface area (Å²) in [5, 5.41) is 14.3. The van der Waals surface area contributed by atoms with Crippen molar-refractivity contribution in [1.29, 1.82) is 0 Å². The Morgan fingerprint density at radius 2 is 1.19 bits per heavy atom. The number of ether oxygens (including phenoxy) is 2. The maximum Gasteiger partial charge on any atom is 0.409 e. The second kappa shape index (κ2) is 26.9. The highest BCUT2D eigenvalue weighted by Crippen LogP contribution is 2.48. The monoisotopic (exact) mass is 1020 g/mol. The molecule has 412 valence electrons. The summed E-state index contributed by atoms with van der Waals surface area (Å²) in [5.74, 6) is 2.71. The second-order valence-electron chi connectivity index (χ2n) is 24.7. The van der Waals surface area contributed by atoms with Gasteiger partial charge in [-0.15, -0.1) is 0 Å². The van der Waals surface area contributed by atoms with Crippen LogP contribution in [0.2, 0.25) is 0 Å². The van der Waals surface area contributed by atoms with Crippen LogP contribution in [0.4, 0.5) is 31.1 Å². The number of carbonyl (C=O) groups is 4. The number of hydrogen-bond donors (Lipinski definition) is 7. The summed E-state index contributed by atoms with van der Waals surface area (Å²) in [6, 6.07) is 1.67. The van der Waals surface area contributed by atoms with Gasteiger partial charge in [-0.25, -0.2) is 19.2 Å². The van der Waals surface area contributed by atoms with E-state index in [-0.39, 0.29) is 51.7 Å². The molecule has 73 heavy (non-hydrogen) atoms. The Kier molecular flexibility index (Phi) is 22.2. The topological polar surface area (TPSA) is 242 Å². The van der Waals surface area contributed by atoms with E-state index in [1.807, 2.05) is 7.05 Å².